The molecule has 3 nitrogen and oxygen atoms in total. The second-order valence-corrected chi connectivity index (χ2v) is 8.38. The number of sulfone groups is 1. The van der Waals surface area contributed by atoms with Crippen LogP contribution in [0.25, 0.3) is 0 Å². The van der Waals surface area contributed by atoms with Gasteiger partial charge in [-0.25, -0.2) is 8.42 Å². The Morgan fingerprint density at radius 2 is 1.75 bits per heavy atom. The Balaban J connectivity index is 2.38. The van der Waals surface area contributed by atoms with E-state index in [1.165, 1.54) is 12.8 Å². The Morgan fingerprint density at radius 1 is 1.19 bits per heavy atom. The summed E-state index contributed by atoms with van der Waals surface area (Å²) in [6, 6.07) is 0.485. The minimum atomic E-state index is -2.86. The fourth-order valence-corrected chi connectivity index (χ4v) is 2.90. The Morgan fingerprint density at radius 3 is 2.12 bits per heavy atom. The first kappa shape index (κ1) is 14.0. The molecule has 0 spiro atoms. The van der Waals surface area contributed by atoms with Gasteiger partial charge in [-0.05, 0) is 38.5 Å². The summed E-state index contributed by atoms with van der Waals surface area (Å²) >= 11 is 0. The van der Waals surface area contributed by atoms with Gasteiger partial charge < -0.3 is 5.32 Å². The summed E-state index contributed by atoms with van der Waals surface area (Å²) in [5, 5.41) is 3.18. The van der Waals surface area contributed by atoms with E-state index in [1.54, 1.807) is 13.8 Å². The van der Waals surface area contributed by atoms with E-state index in [4.69, 9.17) is 0 Å². The van der Waals surface area contributed by atoms with Gasteiger partial charge in [0.1, 0.15) is 0 Å². The molecular formula is C12H25NO2S. The summed E-state index contributed by atoms with van der Waals surface area (Å²) < 4.78 is 23.4. The van der Waals surface area contributed by atoms with E-state index in [-0.39, 0.29) is 10.7 Å². The molecule has 1 aliphatic carbocycles. The summed E-state index contributed by atoms with van der Waals surface area (Å²) in [6.07, 6.45) is 3.19. The van der Waals surface area contributed by atoms with Crippen LogP contribution in [-0.2, 0) is 9.84 Å². The van der Waals surface area contributed by atoms with Crippen molar-refractivity contribution in [1.29, 1.82) is 0 Å². The van der Waals surface area contributed by atoms with Crippen molar-refractivity contribution in [2.24, 2.45) is 5.41 Å². The van der Waals surface area contributed by atoms with Gasteiger partial charge in [-0.3, -0.25) is 0 Å². The van der Waals surface area contributed by atoms with Crippen LogP contribution < -0.4 is 5.32 Å². The molecule has 0 atom stereocenters. The van der Waals surface area contributed by atoms with Crippen molar-refractivity contribution >= 4 is 9.84 Å². The molecule has 1 fully saturated rings. The lowest BCUT2D eigenvalue weighted by Crippen LogP contribution is -2.31. The highest BCUT2D eigenvalue weighted by Gasteiger charge is 2.42. The van der Waals surface area contributed by atoms with Crippen LogP contribution >= 0.6 is 0 Å². The number of rotatable bonds is 7. The molecule has 4 heteroatoms. The molecule has 1 N–H and O–H groups in total. The van der Waals surface area contributed by atoms with Gasteiger partial charge in [-0.1, -0.05) is 13.8 Å². The second kappa shape index (κ2) is 5.05. The SMILES string of the molecule is CC(C)NCC1(CCS(=O)(=O)C(C)C)CC1. The van der Waals surface area contributed by atoms with Gasteiger partial charge in [-0.2, -0.15) is 0 Å². The highest BCUT2D eigenvalue weighted by atomic mass is 32.2. The van der Waals surface area contributed by atoms with Crippen LogP contribution in [0.15, 0.2) is 0 Å². The highest BCUT2D eigenvalue weighted by molar-refractivity contribution is 7.91. The zero-order chi connectivity index (χ0) is 12.4. The molecule has 0 aromatic carbocycles. The third kappa shape index (κ3) is 4.06. The molecule has 0 radical (unpaired) electrons. The fourth-order valence-electron chi connectivity index (χ4n) is 1.71. The molecule has 0 unspecified atom stereocenters. The maximum atomic E-state index is 11.7. The highest BCUT2D eigenvalue weighted by Crippen LogP contribution is 2.48. The lowest BCUT2D eigenvalue weighted by molar-refractivity contribution is 0.419. The first-order valence-electron chi connectivity index (χ1n) is 6.22. The Kier molecular flexibility index (Phi) is 4.41. The molecule has 0 bridgehead atoms. The van der Waals surface area contributed by atoms with Crippen LogP contribution in [0.3, 0.4) is 0 Å². The lowest BCUT2D eigenvalue weighted by Gasteiger charge is -2.18. The van der Waals surface area contributed by atoms with Gasteiger partial charge in [0.25, 0.3) is 0 Å². The molecule has 0 aromatic rings. The van der Waals surface area contributed by atoms with Crippen LogP contribution in [0.1, 0.15) is 47.0 Å². The van der Waals surface area contributed by atoms with E-state index in [9.17, 15) is 8.42 Å². The van der Waals surface area contributed by atoms with E-state index in [0.29, 0.717) is 11.8 Å². The van der Waals surface area contributed by atoms with Gasteiger partial charge in [0, 0.05) is 12.6 Å². The molecule has 1 rings (SSSR count). The zero-order valence-electron chi connectivity index (χ0n) is 10.9. The van der Waals surface area contributed by atoms with Crippen LogP contribution in [0.4, 0.5) is 0 Å². The molecule has 96 valence electrons. The number of nitrogens with one attached hydrogen (secondary N) is 1. The maximum Gasteiger partial charge on any atom is 0.152 e. The molecule has 16 heavy (non-hydrogen) atoms. The van der Waals surface area contributed by atoms with Crippen molar-refractivity contribution in [1.82, 2.24) is 5.32 Å². The van der Waals surface area contributed by atoms with Gasteiger partial charge in [0.05, 0.1) is 11.0 Å². The standard InChI is InChI=1S/C12H25NO2S/c1-10(2)13-9-12(5-6-12)7-8-16(14,15)11(3)4/h10-11,13H,5-9H2,1-4H3. The number of hydrogen-bond donors (Lipinski definition) is 1. The predicted molar refractivity (Wildman–Crippen MR) is 68.3 cm³/mol. The molecule has 1 aliphatic rings. The minimum absolute atomic E-state index is 0.235. The van der Waals surface area contributed by atoms with Gasteiger partial charge in [-0.15, -0.1) is 0 Å². The van der Waals surface area contributed by atoms with E-state index in [1.807, 2.05) is 0 Å². The predicted octanol–water partition coefficient (Wildman–Crippen LogP) is 1.98. The quantitative estimate of drug-likeness (QED) is 0.748. The van der Waals surface area contributed by atoms with Crippen molar-refractivity contribution in [2.75, 3.05) is 12.3 Å². The zero-order valence-corrected chi connectivity index (χ0v) is 11.7. The minimum Gasteiger partial charge on any atom is -0.314 e. The third-order valence-corrected chi connectivity index (χ3v) is 5.69. The van der Waals surface area contributed by atoms with Crippen LogP contribution in [0, 0.1) is 5.41 Å². The van der Waals surface area contributed by atoms with E-state index >= 15 is 0 Å². The molecule has 0 amide bonds. The van der Waals surface area contributed by atoms with Gasteiger partial charge in [0.2, 0.25) is 0 Å². The molecular weight excluding hydrogens is 222 g/mol. The Hall–Kier alpha value is -0.0900. The summed E-state index contributed by atoms with van der Waals surface area (Å²) in [7, 11) is -2.86. The van der Waals surface area contributed by atoms with Crippen molar-refractivity contribution in [2.45, 2.75) is 58.2 Å². The average Bonchev–Trinajstić information content (AvgIpc) is 2.93. The van der Waals surface area contributed by atoms with Crippen LogP contribution in [0.5, 0.6) is 0 Å². The summed E-state index contributed by atoms with van der Waals surface area (Å²) in [6.45, 7) is 8.75. The Bertz CT molecular complexity index is 316. The largest absolute Gasteiger partial charge is 0.314 e. The van der Waals surface area contributed by atoms with Crippen molar-refractivity contribution in [3.8, 4) is 0 Å². The van der Waals surface area contributed by atoms with Gasteiger partial charge >= 0.3 is 0 Å². The third-order valence-electron chi connectivity index (χ3n) is 3.48. The van der Waals surface area contributed by atoms with E-state index in [0.717, 1.165) is 13.0 Å². The molecule has 0 saturated heterocycles. The normalized spacial score (nSPS) is 19.4. The molecule has 0 aliphatic heterocycles. The first-order valence-corrected chi connectivity index (χ1v) is 7.94. The van der Waals surface area contributed by atoms with Crippen LogP contribution in [0.2, 0.25) is 0 Å². The van der Waals surface area contributed by atoms with E-state index in [2.05, 4.69) is 19.2 Å². The topological polar surface area (TPSA) is 46.2 Å². The smallest absolute Gasteiger partial charge is 0.152 e. The lowest BCUT2D eigenvalue weighted by atomic mass is 10.0. The average molecular weight is 247 g/mol. The monoisotopic (exact) mass is 247 g/mol. The van der Waals surface area contributed by atoms with Crippen molar-refractivity contribution in [3.05, 3.63) is 0 Å². The second-order valence-electron chi connectivity index (χ2n) is 5.70. The molecule has 0 heterocycles. The van der Waals surface area contributed by atoms with Gasteiger partial charge in [0.15, 0.2) is 9.84 Å². The summed E-state index contributed by atoms with van der Waals surface area (Å²) in [5.74, 6) is 0.352. The summed E-state index contributed by atoms with van der Waals surface area (Å²) in [4.78, 5) is 0. The fraction of sp³-hybridized carbons (Fsp3) is 1.00. The van der Waals surface area contributed by atoms with Crippen molar-refractivity contribution < 1.29 is 8.42 Å². The van der Waals surface area contributed by atoms with Crippen LogP contribution in [-0.4, -0.2) is 32.0 Å². The maximum absolute atomic E-state index is 11.7. The Labute approximate surface area is 99.9 Å². The van der Waals surface area contributed by atoms with E-state index < -0.39 is 9.84 Å². The first-order chi connectivity index (χ1) is 7.27. The molecule has 0 aromatic heterocycles. The van der Waals surface area contributed by atoms with Crippen molar-refractivity contribution in [3.63, 3.8) is 0 Å². The molecule has 1 saturated carbocycles. The summed E-state index contributed by atoms with van der Waals surface area (Å²) in [5.41, 5.74) is 0.284. The number of hydrogen-bond acceptors (Lipinski definition) is 3.